The van der Waals surface area contributed by atoms with Crippen molar-refractivity contribution in [1.29, 1.82) is 0 Å². The first-order valence-electron chi connectivity index (χ1n) is 6.89. The predicted molar refractivity (Wildman–Crippen MR) is 86.5 cm³/mol. The number of hydrogen-bond acceptors (Lipinski definition) is 2. The smallest absolute Gasteiger partial charge is 0.248 e. The molecular formula is C18H18FNO2. The van der Waals surface area contributed by atoms with Crippen LogP contribution in [0, 0.1) is 19.7 Å². The summed E-state index contributed by atoms with van der Waals surface area (Å²) in [4.78, 5) is 11.9. The lowest BCUT2D eigenvalue weighted by Gasteiger charge is -2.08. The van der Waals surface area contributed by atoms with Crippen LogP contribution in [0.5, 0.6) is 5.75 Å². The van der Waals surface area contributed by atoms with Crippen molar-refractivity contribution in [2.24, 2.45) is 0 Å². The van der Waals surface area contributed by atoms with E-state index in [2.05, 4.69) is 5.32 Å². The van der Waals surface area contributed by atoms with Crippen LogP contribution < -0.4 is 10.1 Å². The highest BCUT2D eigenvalue weighted by Crippen LogP contribution is 2.22. The molecule has 0 aliphatic heterocycles. The molecule has 114 valence electrons. The van der Waals surface area contributed by atoms with Gasteiger partial charge in [-0.05, 0) is 73.0 Å². The summed E-state index contributed by atoms with van der Waals surface area (Å²) in [6.07, 6.45) is 3.23. The average molecular weight is 299 g/mol. The summed E-state index contributed by atoms with van der Waals surface area (Å²) in [6.45, 7) is 3.93. The summed E-state index contributed by atoms with van der Waals surface area (Å²) in [6, 6.07) is 9.49. The Hall–Kier alpha value is -2.62. The standard InChI is InChI=1S/C18H18FNO2/c1-12-10-16(22-3)11-13(2)17(12)8-9-18(21)20-15-6-4-14(19)5-7-15/h4-11H,1-3H3,(H,20,21)/b9-8+. The maximum Gasteiger partial charge on any atom is 0.248 e. The third-order valence-electron chi connectivity index (χ3n) is 3.32. The molecule has 2 aromatic rings. The summed E-state index contributed by atoms with van der Waals surface area (Å²) >= 11 is 0. The predicted octanol–water partition coefficient (Wildman–Crippen LogP) is 4.10. The molecule has 2 rings (SSSR count). The molecule has 0 fully saturated rings. The van der Waals surface area contributed by atoms with E-state index in [9.17, 15) is 9.18 Å². The summed E-state index contributed by atoms with van der Waals surface area (Å²) in [5.41, 5.74) is 3.60. The van der Waals surface area contributed by atoms with Gasteiger partial charge in [0.05, 0.1) is 7.11 Å². The Kier molecular flexibility index (Phi) is 4.94. The van der Waals surface area contributed by atoms with E-state index >= 15 is 0 Å². The highest BCUT2D eigenvalue weighted by Gasteiger charge is 2.04. The second-order valence-electron chi connectivity index (χ2n) is 5.00. The molecule has 1 amide bonds. The minimum Gasteiger partial charge on any atom is -0.497 e. The number of hydrogen-bond donors (Lipinski definition) is 1. The highest BCUT2D eigenvalue weighted by molar-refractivity contribution is 6.02. The number of carbonyl (C=O) groups is 1. The van der Waals surface area contributed by atoms with Crippen LogP contribution in [-0.2, 0) is 4.79 Å². The maximum atomic E-state index is 12.8. The van der Waals surface area contributed by atoms with Gasteiger partial charge in [-0.1, -0.05) is 0 Å². The van der Waals surface area contributed by atoms with Gasteiger partial charge < -0.3 is 10.1 Å². The summed E-state index contributed by atoms with van der Waals surface area (Å²) in [5, 5.41) is 2.68. The molecule has 1 N–H and O–H groups in total. The van der Waals surface area contributed by atoms with Gasteiger partial charge in [-0.2, -0.15) is 0 Å². The molecule has 0 saturated carbocycles. The van der Waals surface area contributed by atoms with Crippen molar-refractivity contribution in [3.8, 4) is 5.75 Å². The number of nitrogens with one attached hydrogen (secondary N) is 1. The number of aryl methyl sites for hydroxylation is 2. The lowest BCUT2D eigenvalue weighted by molar-refractivity contribution is -0.111. The summed E-state index contributed by atoms with van der Waals surface area (Å²) in [7, 11) is 1.62. The van der Waals surface area contributed by atoms with E-state index in [0.29, 0.717) is 5.69 Å². The Labute approximate surface area is 129 Å². The monoisotopic (exact) mass is 299 g/mol. The van der Waals surface area contributed by atoms with E-state index in [-0.39, 0.29) is 11.7 Å². The SMILES string of the molecule is COc1cc(C)c(/C=C/C(=O)Nc2ccc(F)cc2)c(C)c1. The topological polar surface area (TPSA) is 38.3 Å². The van der Waals surface area contributed by atoms with Gasteiger partial charge in [0.25, 0.3) is 0 Å². The van der Waals surface area contributed by atoms with Crippen molar-refractivity contribution >= 4 is 17.7 Å². The third-order valence-corrected chi connectivity index (χ3v) is 3.32. The fourth-order valence-electron chi connectivity index (χ4n) is 2.19. The molecular weight excluding hydrogens is 281 g/mol. The van der Waals surface area contributed by atoms with Gasteiger partial charge in [0.15, 0.2) is 0 Å². The molecule has 0 aliphatic rings. The number of methoxy groups -OCH3 is 1. The molecule has 0 heterocycles. The molecule has 0 spiro atoms. The van der Waals surface area contributed by atoms with E-state index in [1.807, 2.05) is 26.0 Å². The fourth-order valence-corrected chi connectivity index (χ4v) is 2.19. The van der Waals surface area contributed by atoms with E-state index in [0.717, 1.165) is 22.4 Å². The molecule has 22 heavy (non-hydrogen) atoms. The minimum atomic E-state index is -0.335. The number of carbonyl (C=O) groups excluding carboxylic acids is 1. The first-order chi connectivity index (χ1) is 10.5. The van der Waals surface area contributed by atoms with Crippen molar-refractivity contribution in [3.63, 3.8) is 0 Å². The molecule has 2 aromatic carbocycles. The largest absolute Gasteiger partial charge is 0.497 e. The molecule has 0 aromatic heterocycles. The fraction of sp³-hybridized carbons (Fsp3) is 0.167. The summed E-state index contributed by atoms with van der Waals surface area (Å²) in [5.74, 6) is 0.196. The Balaban J connectivity index is 2.11. The average Bonchev–Trinajstić information content (AvgIpc) is 2.48. The van der Waals surface area contributed by atoms with Gasteiger partial charge in [-0.15, -0.1) is 0 Å². The van der Waals surface area contributed by atoms with Gasteiger partial charge in [-0.3, -0.25) is 4.79 Å². The number of benzene rings is 2. The lowest BCUT2D eigenvalue weighted by atomic mass is 10.0. The van der Waals surface area contributed by atoms with E-state index in [4.69, 9.17) is 4.74 Å². The Bertz CT molecular complexity index is 683. The number of amides is 1. The number of ether oxygens (including phenoxy) is 1. The normalized spacial score (nSPS) is 10.7. The van der Waals surface area contributed by atoms with E-state index in [1.165, 1.54) is 30.3 Å². The van der Waals surface area contributed by atoms with Gasteiger partial charge in [0.1, 0.15) is 11.6 Å². The second kappa shape index (κ2) is 6.89. The second-order valence-corrected chi connectivity index (χ2v) is 5.00. The molecule has 0 bridgehead atoms. The zero-order valence-electron chi connectivity index (χ0n) is 12.8. The Morgan fingerprint density at radius 1 is 1.14 bits per heavy atom. The first-order valence-corrected chi connectivity index (χ1v) is 6.89. The van der Waals surface area contributed by atoms with Crippen LogP contribution in [0.4, 0.5) is 10.1 Å². The Morgan fingerprint density at radius 3 is 2.27 bits per heavy atom. The van der Waals surface area contributed by atoms with Crippen LogP contribution in [-0.4, -0.2) is 13.0 Å². The molecule has 0 saturated heterocycles. The molecule has 4 heteroatoms. The summed E-state index contributed by atoms with van der Waals surface area (Å²) < 4.78 is 18.0. The first kappa shape index (κ1) is 15.8. The molecule has 3 nitrogen and oxygen atoms in total. The van der Waals surface area contributed by atoms with Gasteiger partial charge in [0.2, 0.25) is 5.91 Å². The minimum absolute atomic E-state index is 0.263. The van der Waals surface area contributed by atoms with Crippen LogP contribution in [0.25, 0.3) is 6.08 Å². The zero-order chi connectivity index (χ0) is 16.1. The van der Waals surface area contributed by atoms with Gasteiger partial charge in [-0.25, -0.2) is 4.39 Å². The molecule has 0 radical (unpaired) electrons. The van der Waals surface area contributed by atoms with Crippen molar-refractivity contribution in [1.82, 2.24) is 0 Å². The Morgan fingerprint density at radius 2 is 1.73 bits per heavy atom. The van der Waals surface area contributed by atoms with Crippen LogP contribution in [0.1, 0.15) is 16.7 Å². The number of halogens is 1. The van der Waals surface area contributed by atoms with E-state index < -0.39 is 0 Å². The molecule has 0 atom stereocenters. The van der Waals surface area contributed by atoms with Crippen LogP contribution in [0.3, 0.4) is 0 Å². The van der Waals surface area contributed by atoms with Crippen LogP contribution in [0.2, 0.25) is 0 Å². The van der Waals surface area contributed by atoms with E-state index in [1.54, 1.807) is 13.2 Å². The molecule has 0 aliphatic carbocycles. The van der Waals surface area contributed by atoms with Crippen molar-refractivity contribution < 1.29 is 13.9 Å². The van der Waals surface area contributed by atoms with Crippen molar-refractivity contribution in [2.45, 2.75) is 13.8 Å². The van der Waals surface area contributed by atoms with Crippen molar-refractivity contribution in [3.05, 3.63) is 65.0 Å². The number of anilines is 1. The highest BCUT2D eigenvalue weighted by atomic mass is 19.1. The zero-order valence-corrected chi connectivity index (χ0v) is 12.8. The molecule has 0 unspecified atom stereocenters. The van der Waals surface area contributed by atoms with Crippen LogP contribution in [0.15, 0.2) is 42.5 Å². The third kappa shape index (κ3) is 3.95. The quantitative estimate of drug-likeness (QED) is 0.863. The van der Waals surface area contributed by atoms with Gasteiger partial charge in [0, 0.05) is 11.8 Å². The number of rotatable bonds is 4. The lowest BCUT2D eigenvalue weighted by Crippen LogP contribution is -2.07. The maximum absolute atomic E-state index is 12.8. The van der Waals surface area contributed by atoms with Crippen molar-refractivity contribution in [2.75, 3.05) is 12.4 Å². The van der Waals surface area contributed by atoms with Crippen LogP contribution >= 0.6 is 0 Å². The van der Waals surface area contributed by atoms with Gasteiger partial charge >= 0.3 is 0 Å².